The average Bonchev–Trinajstić information content (AvgIpc) is 2.81. The van der Waals surface area contributed by atoms with Gasteiger partial charge in [0, 0.05) is 13.1 Å². The normalized spacial score (nSPS) is 13.5. The highest BCUT2D eigenvalue weighted by Crippen LogP contribution is 2.26. The van der Waals surface area contributed by atoms with Gasteiger partial charge in [0.2, 0.25) is 11.9 Å². The van der Waals surface area contributed by atoms with Crippen LogP contribution in [-0.4, -0.2) is 22.1 Å². The van der Waals surface area contributed by atoms with Gasteiger partial charge in [-0.25, -0.2) is 0 Å². The monoisotopic (exact) mass is 243 g/mol. The van der Waals surface area contributed by atoms with Gasteiger partial charge >= 0.3 is 6.01 Å². The lowest BCUT2D eigenvalue weighted by molar-refractivity contribution is 0.379. The Labute approximate surface area is 104 Å². The number of fused-ring (bicyclic) bond motifs is 1. The van der Waals surface area contributed by atoms with Crippen molar-refractivity contribution < 1.29 is 4.74 Å². The summed E-state index contributed by atoms with van der Waals surface area (Å²) in [6.07, 6.45) is 0. The van der Waals surface area contributed by atoms with Gasteiger partial charge in [0.25, 0.3) is 0 Å². The molecule has 92 valence electrons. The Kier molecular flexibility index (Phi) is 2.47. The molecule has 6 heteroatoms. The van der Waals surface area contributed by atoms with Crippen molar-refractivity contribution in [3.05, 3.63) is 35.4 Å². The first-order valence-corrected chi connectivity index (χ1v) is 5.63. The number of aromatic nitrogens is 3. The minimum Gasteiger partial charge on any atom is -0.467 e. The molecule has 0 amide bonds. The van der Waals surface area contributed by atoms with Gasteiger partial charge in [0.15, 0.2) is 0 Å². The van der Waals surface area contributed by atoms with Crippen molar-refractivity contribution in [3.63, 3.8) is 0 Å². The Morgan fingerprint density at radius 3 is 2.39 bits per heavy atom. The van der Waals surface area contributed by atoms with E-state index in [2.05, 4.69) is 27.1 Å². The van der Waals surface area contributed by atoms with E-state index in [4.69, 9.17) is 10.5 Å². The molecular weight excluding hydrogens is 230 g/mol. The van der Waals surface area contributed by atoms with Gasteiger partial charge in [-0.1, -0.05) is 24.3 Å². The van der Waals surface area contributed by atoms with Crippen LogP contribution in [0.1, 0.15) is 11.1 Å². The molecule has 0 atom stereocenters. The van der Waals surface area contributed by atoms with Gasteiger partial charge < -0.3 is 15.4 Å². The number of ether oxygens (including phenoxy) is 1. The number of nitrogens with two attached hydrogens (primary N) is 1. The van der Waals surface area contributed by atoms with E-state index in [1.54, 1.807) is 0 Å². The molecule has 1 aliphatic rings. The maximum atomic E-state index is 5.64. The molecule has 0 radical (unpaired) electrons. The largest absolute Gasteiger partial charge is 0.467 e. The molecule has 0 unspecified atom stereocenters. The van der Waals surface area contributed by atoms with Crippen molar-refractivity contribution in [3.8, 4) is 6.01 Å². The van der Waals surface area contributed by atoms with Gasteiger partial charge in [-0.2, -0.15) is 15.0 Å². The van der Waals surface area contributed by atoms with Crippen LogP contribution >= 0.6 is 0 Å². The van der Waals surface area contributed by atoms with Crippen LogP contribution in [0.2, 0.25) is 0 Å². The van der Waals surface area contributed by atoms with Crippen LogP contribution < -0.4 is 15.4 Å². The standard InChI is InChI=1S/C12H13N5O/c1-18-12-15-10(13)14-11(16-12)17-6-8-4-2-3-5-9(8)7-17/h2-5H,6-7H2,1H3,(H2,13,14,15,16). The number of rotatable bonds is 2. The SMILES string of the molecule is COc1nc(N)nc(N2Cc3ccccc3C2)n1. The van der Waals surface area contributed by atoms with Gasteiger partial charge in [-0.3, -0.25) is 0 Å². The first-order valence-electron chi connectivity index (χ1n) is 5.63. The fourth-order valence-corrected chi connectivity index (χ4v) is 2.07. The number of anilines is 2. The Morgan fingerprint density at radius 2 is 1.78 bits per heavy atom. The van der Waals surface area contributed by atoms with Crippen LogP contribution in [0.25, 0.3) is 0 Å². The second-order valence-electron chi connectivity index (χ2n) is 4.11. The molecule has 2 aromatic rings. The molecule has 6 nitrogen and oxygen atoms in total. The zero-order chi connectivity index (χ0) is 12.5. The molecule has 1 aliphatic heterocycles. The fraction of sp³-hybridized carbons (Fsp3) is 0.250. The second-order valence-corrected chi connectivity index (χ2v) is 4.11. The summed E-state index contributed by atoms with van der Waals surface area (Å²) in [6.45, 7) is 1.56. The highest BCUT2D eigenvalue weighted by molar-refractivity contribution is 5.45. The zero-order valence-electron chi connectivity index (χ0n) is 10.00. The first kappa shape index (κ1) is 10.8. The third-order valence-corrected chi connectivity index (χ3v) is 2.93. The lowest BCUT2D eigenvalue weighted by atomic mass is 10.1. The molecule has 1 aromatic heterocycles. The Balaban J connectivity index is 1.92. The lowest BCUT2D eigenvalue weighted by Crippen LogP contribution is -2.19. The van der Waals surface area contributed by atoms with E-state index < -0.39 is 0 Å². The fourth-order valence-electron chi connectivity index (χ4n) is 2.07. The van der Waals surface area contributed by atoms with Crippen molar-refractivity contribution in [1.29, 1.82) is 0 Å². The van der Waals surface area contributed by atoms with Crippen molar-refractivity contribution in [2.75, 3.05) is 17.7 Å². The minimum atomic E-state index is 0.174. The summed E-state index contributed by atoms with van der Waals surface area (Å²) in [4.78, 5) is 14.3. The van der Waals surface area contributed by atoms with E-state index in [9.17, 15) is 0 Å². The summed E-state index contributed by atoms with van der Waals surface area (Å²) in [7, 11) is 1.51. The molecule has 0 spiro atoms. The Hall–Kier alpha value is -2.37. The van der Waals surface area contributed by atoms with E-state index in [1.807, 2.05) is 17.0 Å². The van der Waals surface area contributed by atoms with Crippen molar-refractivity contribution in [1.82, 2.24) is 15.0 Å². The highest BCUT2D eigenvalue weighted by atomic mass is 16.5. The molecule has 0 bridgehead atoms. The topological polar surface area (TPSA) is 77.2 Å². The Morgan fingerprint density at radius 1 is 1.11 bits per heavy atom. The predicted octanol–water partition coefficient (Wildman–Crippen LogP) is 0.983. The molecule has 0 saturated carbocycles. The van der Waals surface area contributed by atoms with Gasteiger partial charge in [0.05, 0.1) is 7.11 Å². The molecule has 0 aliphatic carbocycles. The van der Waals surface area contributed by atoms with E-state index in [0.717, 1.165) is 13.1 Å². The second kappa shape index (κ2) is 4.14. The number of benzene rings is 1. The number of hydrogen-bond donors (Lipinski definition) is 1. The summed E-state index contributed by atoms with van der Waals surface area (Å²) in [6, 6.07) is 8.53. The van der Waals surface area contributed by atoms with E-state index >= 15 is 0 Å². The summed E-state index contributed by atoms with van der Waals surface area (Å²) >= 11 is 0. The maximum absolute atomic E-state index is 5.64. The highest BCUT2D eigenvalue weighted by Gasteiger charge is 2.21. The summed E-state index contributed by atoms with van der Waals surface area (Å²) in [5.41, 5.74) is 8.21. The number of methoxy groups -OCH3 is 1. The van der Waals surface area contributed by atoms with Crippen LogP contribution in [0.3, 0.4) is 0 Å². The third kappa shape index (κ3) is 1.81. The quantitative estimate of drug-likeness (QED) is 0.847. The van der Waals surface area contributed by atoms with Gasteiger partial charge in [0.1, 0.15) is 0 Å². The van der Waals surface area contributed by atoms with E-state index in [-0.39, 0.29) is 12.0 Å². The Bertz CT molecular complexity index is 561. The summed E-state index contributed by atoms with van der Waals surface area (Å²) in [5, 5.41) is 0. The zero-order valence-corrected chi connectivity index (χ0v) is 10.00. The number of nitrogen functional groups attached to an aromatic ring is 1. The van der Waals surface area contributed by atoms with Crippen LogP contribution in [0.4, 0.5) is 11.9 Å². The smallest absolute Gasteiger partial charge is 0.322 e. The molecule has 0 saturated heterocycles. The molecular formula is C12H13N5O. The molecule has 2 heterocycles. The molecule has 3 rings (SSSR count). The maximum Gasteiger partial charge on any atom is 0.322 e. The summed E-state index contributed by atoms with van der Waals surface area (Å²) in [5.74, 6) is 0.725. The third-order valence-electron chi connectivity index (χ3n) is 2.93. The summed E-state index contributed by atoms with van der Waals surface area (Å²) < 4.78 is 5.00. The predicted molar refractivity (Wildman–Crippen MR) is 67.1 cm³/mol. The van der Waals surface area contributed by atoms with Crippen molar-refractivity contribution in [2.24, 2.45) is 0 Å². The van der Waals surface area contributed by atoms with Gasteiger partial charge in [-0.15, -0.1) is 0 Å². The molecule has 2 N–H and O–H groups in total. The van der Waals surface area contributed by atoms with Crippen LogP contribution in [0.15, 0.2) is 24.3 Å². The molecule has 18 heavy (non-hydrogen) atoms. The molecule has 0 fully saturated rings. The van der Waals surface area contributed by atoms with Crippen molar-refractivity contribution >= 4 is 11.9 Å². The van der Waals surface area contributed by atoms with Crippen LogP contribution in [0.5, 0.6) is 6.01 Å². The minimum absolute atomic E-state index is 0.174. The first-order chi connectivity index (χ1) is 8.76. The van der Waals surface area contributed by atoms with Crippen LogP contribution in [0, 0.1) is 0 Å². The number of nitrogens with zero attached hydrogens (tertiary/aromatic N) is 4. The van der Waals surface area contributed by atoms with E-state index in [0.29, 0.717) is 5.95 Å². The lowest BCUT2D eigenvalue weighted by Gasteiger charge is -2.15. The van der Waals surface area contributed by atoms with Gasteiger partial charge in [-0.05, 0) is 11.1 Å². The average molecular weight is 243 g/mol. The van der Waals surface area contributed by atoms with E-state index in [1.165, 1.54) is 18.2 Å². The molecule has 1 aromatic carbocycles. The number of hydrogen-bond acceptors (Lipinski definition) is 6. The van der Waals surface area contributed by atoms with Crippen molar-refractivity contribution in [2.45, 2.75) is 13.1 Å². The van der Waals surface area contributed by atoms with Crippen LogP contribution in [-0.2, 0) is 13.1 Å².